The van der Waals surface area contributed by atoms with Crippen molar-refractivity contribution in [1.29, 1.82) is 5.26 Å². The number of ether oxygens (including phenoxy) is 1. The molecule has 1 aliphatic rings. The molecule has 0 radical (unpaired) electrons. The van der Waals surface area contributed by atoms with E-state index in [0.29, 0.717) is 5.69 Å². The highest BCUT2D eigenvalue weighted by Gasteiger charge is 2.12. The van der Waals surface area contributed by atoms with Crippen LogP contribution >= 0.6 is 0 Å². The summed E-state index contributed by atoms with van der Waals surface area (Å²) in [6.45, 7) is 5.05. The Bertz CT molecular complexity index is 791. The lowest BCUT2D eigenvalue weighted by atomic mass is 10.1. The van der Waals surface area contributed by atoms with E-state index in [2.05, 4.69) is 15.3 Å². The summed E-state index contributed by atoms with van der Waals surface area (Å²) in [4.78, 5) is 12.6. The molecule has 130 valence electrons. The second-order valence-electron chi connectivity index (χ2n) is 5.67. The van der Waals surface area contributed by atoms with Crippen LogP contribution in [-0.4, -0.2) is 52.5 Å². The van der Waals surface area contributed by atoms with Crippen LogP contribution in [0, 0.1) is 21.4 Å². The van der Waals surface area contributed by atoms with Crippen molar-refractivity contribution in [1.82, 2.24) is 14.7 Å². The minimum atomic E-state index is -0.520. The fourth-order valence-corrected chi connectivity index (χ4v) is 2.62. The summed E-state index contributed by atoms with van der Waals surface area (Å²) < 4.78 is 7.15. The number of hydrogen-bond acceptors (Lipinski definition) is 7. The summed E-state index contributed by atoms with van der Waals surface area (Å²) in [6, 6.07) is 6.13. The van der Waals surface area contributed by atoms with E-state index in [1.165, 1.54) is 18.2 Å². The molecule has 0 atom stereocenters. The van der Waals surface area contributed by atoms with E-state index in [4.69, 9.17) is 4.74 Å². The Morgan fingerprint density at radius 3 is 2.88 bits per heavy atom. The maximum Gasteiger partial charge on any atom is 0.270 e. The number of nitro groups is 1. The molecule has 0 amide bonds. The van der Waals surface area contributed by atoms with Crippen LogP contribution in [0.3, 0.4) is 0 Å². The molecule has 1 aromatic carbocycles. The quantitative estimate of drug-likeness (QED) is 0.629. The van der Waals surface area contributed by atoms with Crippen LogP contribution < -0.4 is 5.32 Å². The third-order valence-electron chi connectivity index (χ3n) is 4.00. The van der Waals surface area contributed by atoms with Crippen LogP contribution in [-0.2, 0) is 11.3 Å². The van der Waals surface area contributed by atoms with Gasteiger partial charge in [0.2, 0.25) is 0 Å². The number of morpholine rings is 1. The minimum Gasteiger partial charge on any atom is -0.379 e. The molecule has 0 saturated carbocycles. The van der Waals surface area contributed by atoms with Crippen molar-refractivity contribution in [2.45, 2.75) is 6.54 Å². The van der Waals surface area contributed by atoms with Crippen molar-refractivity contribution < 1.29 is 9.66 Å². The zero-order valence-electron chi connectivity index (χ0n) is 13.6. The van der Waals surface area contributed by atoms with Crippen molar-refractivity contribution in [3.05, 3.63) is 46.3 Å². The van der Waals surface area contributed by atoms with Crippen LogP contribution in [0.2, 0.25) is 0 Å². The van der Waals surface area contributed by atoms with Crippen LogP contribution in [0.15, 0.2) is 30.6 Å². The number of non-ortho nitro benzene ring substituents is 1. The third kappa shape index (κ3) is 4.32. The molecule has 1 aromatic heterocycles. The minimum absolute atomic E-state index is 0.108. The molecule has 0 aliphatic carbocycles. The molecule has 2 aromatic rings. The van der Waals surface area contributed by atoms with E-state index < -0.39 is 4.92 Å². The first-order valence-electron chi connectivity index (χ1n) is 7.94. The molecule has 0 unspecified atom stereocenters. The Morgan fingerprint density at radius 2 is 2.16 bits per heavy atom. The summed E-state index contributed by atoms with van der Waals surface area (Å²) in [5.74, 6) is 0. The van der Waals surface area contributed by atoms with Gasteiger partial charge in [-0.3, -0.25) is 19.7 Å². The number of hydrogen-bond donors (Lipinski definition) is 1. The summed E-state index contributed by atoms with van der Waals surface area (Å²) >= 11 is 0. The summed E-state index contributed by atoms with van der Waals surface area (Å²) in [6.07, 6.45) is 3.52. The summed E-state index contributed by atoms with van der Waals surface area (Å²) in [5, 5.41) is 27.4. The molecule has 1 saturated heterocycles. The normalized spacial score (nSPS) is 14.8. The molecule has 3 rings (SSSR count). The number of nitro benzene ring substituents is 1. The average Bonchev–Trinajstić information content (AvgIpc) is 3.08. The number of nitrogens with one attached hydrogen (secondary N) is 1. The van der Waals surface area contributed by atoms with Gasteiger partial charge in [-0.1, -0.05) is 0 Å². The molecule has 1 N–H and O–H groups in total. The van der Waals surface area contributed by atoms with Crippen LogP contribution in [0.4, 0.5) is 17.1 Å². The molecule has 0 spiro atoms. The molecule has 9 nitrogen and oxygen atoms in total. The largest absolute Gasteiger partial charge is 0.379 e. The van der Waals surface area contributed by atoms with E-state index in [9.17, 15) is 15.4 Å². The molecule has 0 bridgehead atoms. The lowest BCUT2D eigenvalue weighted by molar-refractivity contribution is -0.384. The van der Waals surface area contributed by atoms with Crippen molar-refractivity contribution in [3.8, 4) is 6.07 Å². The summed E-state index contributed by atoms with van der Waals surface area (Å²) in [5.41, 5.74) is 1.35. The van der Waals surface area contributed by atoms with E-state index in [1.54, 1.807) is 6.20 Å². The van der Waals surface area contributed by atoms with Gasteiger partial charge in [0.15, 0.2) is 0 Å². The fraction of sp³-hybridized carbons (Fsp3) is 0.375. The van der Waals surface area contributed by atoms with Gasteiger partial charge in [0.25, 0.3) is 5.69 Å². The highest BCUT2D eigenvalue weighted by atomic mass is 16.6. The van der Waals surface area contributed by atoms with E-state index in [0.717, 1.165) is 45.1 Å². The predicted octanol–water partition coefficient (Wildman–Crippen LogP) is 1.74. The molecule has 2 heterocycles. The number of aromatic nitrogens is 2. The topological polar surface area (TPSA) is 109 Å². The zero-order valence-corrected chi connectivity index (χ0v) is 13.6. The van der Waals surface area contributed by atoms with Crippen LogP contribution in [0.1, 0.15) is 5.56 Å². The Balaban J connectivity index is 1.63. The van der Waals surface area contributed by atoms with Crippen molar-refractivity contribution in [2.75, 3.05) is 38.2 Å². The van der Waals surface area contributed by atoms with Crippen molar-refractivity contribution in [2.24, 2.45) is 0 Å². The Morgan fingerprint density at radius 1 is 1.36 bits per heavy atom. The lowest BCUT2D eigenvalue weighted by Crippen LogP contribution is -2.38. The van der Waals surface area contributed by atoms with Gasteiger partial charge in [-0.2, -0.15) is 10.4 Å². The number of anilines is 2. The van der Waals surface area contributed by atoms with Gasteiger partial charge in [0, 0.05) is 38.0 Å². The highest BCUT2D eigenvalue weighted by molar-refractivity contribution is 5.67. The first-order valence-corrected chi connectivity index (χ1v) is 7.94. The van der Waals surface area contributed by atoms with Gasteiger partial charge in [-0.25, -0.2) is 0 Å². The van der Waals surface area contributed by atoms with E-state index >= 15 is 0 Å². The third-order valence-corrected chi connectivity index (χ3v) is 4.00. The fourth-order valence-electron chi connectivity index (χ4n) is 2.62. The van der Waals surface area contributed by atoms with Crippen molar-refractivity contribution in [3.63, 3.8) is 0 Å². The number of nitriles is 1. The molecular weight excluding hydrogens is 324 g/mol. The van der Waals surface area contributed by atoms with Gasteiger partial charge in [-0.05, 0) is 6.07 Å². The molecular formula is C16H18N6O3. The Kier molecular flexibility index (Phi) is 5.23. The first kappa shape index (κ1) is 16.9. The molecule has 25 heavy (non-hydrogen) atoms. The standard InChI is InChI=1S/C16H18N6O3/c17-10-13-9-15(22(23)24)1-2-16(13)19-14-11-18-21(12-14)4-3-20-5-7-25-8-6-20/h1-2,9,11-12,19H,3-8H2. The number of benzene rings is 1. The average molecular weight is 342 g/mol. The maximum absolute atomic E-state index is 10.8. The van der Waals surface area contributed by atoms with Gasteiger partial charge < -0.3 is 10.1 Å². The van der Waals surface area contributed by atoms with Gasteiger partial charge >= 0.3 is 0 Å². The van der Waals surface area contributed by atoms with E-state index in [1.807, 2.05) is 16.9 Å². The van der Waals surface area contributed by atoms with Gasteiger partial charge in [0.1, 0.15) is 6.07 Å². The SMILES string of the molecule is N#Cc1cc([N+](=O)[O-])ccc1Nc1cnn(CCN2CCOCC2)c1. The lowest BCUT2D eigenvalue weighted by Gasteiger charge is -2.26. The molecule has 9 heteroatoms. The second-order valence-corrected chi connectivity index (χ2v) is 5.67. The molecule has 1 fully saturated rings. The van der Waals surface area contributed by atoms with Crippen LogP contribution in [0.25, 0.3) is 0 Å². The smallest absolute Gasteiger partial charge is 0.270 e. The van der Waals surface area contributed by atoms with Crippen LogP contribution in [0.5, 0.6) is 0 Å². The van der Waals surface area contributed by atoms with Gasteiger partial charge in [-0.15, -0.1) is 0 Å². The Labute approximate surface area is 144 Å². The van der Waals surface area contributed by atoms with Crippen molar-refractivity contribution >= 4 is 17.1 Å². The second kappa shape index (κ2) is 7.74. The predicted molar refractivity (Wildman–Crippen MR) is 90.6 cm³/mol. The monoisotopic (exact) mass is 342 g/mol. The first-order chi connectivity index (χ1) is 12.2. The summed E-state index contributed by atoms with van der Waals surface area (Å²) in [7, 11) is 0. The zero-order chi connectivity index (χ0) is 17.6. The number of rotatable bonds is 6. The highest BCUT2D eigenvalue weighted by Crippen LogP contribution is 2.24. The van der Waals surface area contributed by atoms with E-state index in [-0.39, 0.29) is 11.3 Å². The number of nitrogens with zero attached hydrogens (tertiary/aromatic N) is 5. The van der Waals surface area contributed by atoms with Gasteiger partial charge in [0.05, 0.1) is 47.8 Å². The Hall–Kier alpha value is -2.96. The maximum atomic E-state index is 10.8. The molecule has 1 aliphatic heterocycles.